The summed E-state index contributed by atoms with van der Waals surface area (Å²) in [6, 6.07) is 9.61. The van der Waals surface area contributed by atoms with Crippen molar-refractivity contribution in [2.75, 3.05) is 19.6 Å². The van der Waals surface area contributed by atoms with Gasteiger partial charge in [-0.1, -0.05) is 36.8 Å². The van der Waals surface area contributed by atoms with Crippen molar-refractivity contribution in [2.45, 2.75) is 45.7 Å². The van der Waals surface area contributed by atoms with Gasteiger partial charge in [-0.05, 0) is 44.8 Å². The fraction of sp³-hybridized carbons (Fsp3) is 0.625. The quantitative estimate of drug-likeness (QED) is 0.830. The fourth-order valence-electron chi connectivity index (χ4n) is 2.84. The highest BCUT2D eigenvalue weighted by Gasteiger charge is 2.17. The number of nitrogens with one attached hydrogen (secondary N) is 1. The first-order valence-electron chi connectivity index (χ1n) is 7.29. The summed E-state index contributed by atoms with van der Waals surface area (Å²) in [7, 11) is 0. The second-order valence-corrected chi connectivity index (χ2v) is 5.52. The normalized spacial score (nSPS) is 19.6. The highest BCUT2D eigenvalue weighted by atomic mass is 15.1. The topological polar surface area (TPSA) is 15.3 Å². The molecule has 0 bridgehead atoms. The molecule has 1 unspecified atom stereocenters. The van der Waals surface area contributed by atoms with Gasteiger partial charge in [0.15, 0.2) is 0 Å². The summed E-state index contributed by atoms with van der Waals surface area (Å²) in [4.78, 5) is 2.60. The van der Waals surface area contributed by atoms with Crippen molar-refractivity contribution in [3.63, 3.8) is 0 Å². The molecule has 1 saturated heterocycles. The number of aryl methyl sites for hydroxylation is 1. The SMILES string of the molecule is CCCN(Cc1cccc(C)c1)CC1CCCN1. The van der Waals surface area contributed by atoms with Crippen molar-refractivity contribution in [3.8, 4) is 0 Å². The lowest BCUT2D eigenvalue weighted by molar-refractivity contribution is 0.241. The van der Waals surface area contributed by atoms with Gasteiger partial charge in [-0.15, -0.1) is 0 Å². The molecule has 0 radical (unpaired) electrons. The van der Waals surface area contributed by atoms with E-state index in [9.17, 15) is 0 Å². The maximum Gasteiger partial charge on any atom is 0.0234 e. The maximum atomic E-state index is 3.60. The molecule has 2 heteroatoms. The Balaban J connectivity index is 1.92. The molecular formula is C16H26N2. The number of hydrogen-bond donors (Lipinski definition) is 1. The van der Waals surface area contributed by atoms with Crippen molar-refractivity contribution >= 4 is 0 Å². The van der Waals surface area contributed by atoms with Crippen LogP contribution in [0.25, 0.3) is 0 Å². The molecule has 1 heterocycles. The van der Waals surface area contributed by atoms with Crippen LogP contribution in [0.15, 0.2) is 24.3 Å². The molecular weight excluding hydrogens is 220 g/mol. The van der Waals surface area contributed by atoms with E-state index in [1.54, 1.807) is 0 Å². The zero-order chi connectivity index (χ0) is 12.8. The van der Waals surface area contributed by atoms with E-state index in [-0.39, 0.29) is 0 Å². The summed E-state index contributed by atoms with van der Waals surface area (Å²) in [6.45, 7) is 9.13. The molecule has 18 heavy (non-hydrogen) atoms. The lowest BCUT2D eigenvalue weighted by Crippen LogP contribution is -2.37. The molecule has 0 spiro atoms. The molecule has 1 aromatic carbocycles. The van der Waals surface area contributed by atoms with Crippen LogP contribution in [0.4, 0.5) is 0 Å². The van der Waals surface area contributed by atoms with Crippen LogP contribution in [0.5, 0.6) is 0 Å². The van der Waals surface area contributed by atoms with Gasteiger partial charge >= 0.3 is 0 Å². The molecule has 0 saturated carbocycles. The molecule has 1 atom stereocenters. The Morgan fingerprint density at radius 3 is 2.94 bits per heavy atom. The van der Waals surface area contributed by atoms with Gasteiger partial charge in [-0.3, -0.25) is 4.90 Å². The molecule has 1 fully saturated rings. The number of hydrogen-bond acceptors (Lipinski definition) is 2. The van der Waals surface area contributed by atoms with E-state index >= 15 is 0 Å². The van der Waals surface area contributed by atoms with Crippen LogP contribution < -0.4 is 5.32 Å². The van der Waals surface area contributed by atoms with Gasteiger partial charge in [-0.25, -0.2) is 0 Å². The van der Waals surface area contributed by atoms with Crippen molar-refractivity contribution in [3.05, 3.63) is 35.4 Å². The van der Waals surface area contributed by atoms with E-state index in [0.717, 1.165) is 6.54 Å². The Hall–Kier alpha value is -0.860. The van der Waals surface area contributed by atoms with Gasteiger partial charge in [0.05, 0.1) is 0 Å². The van der Waals surface area contributed by atoms with Crippen molar-refractivity contribution in [1.29, 1.82) is 0 Å². The van der Waals surface area contributed by atoms with Crippen LogP contribution in [-0.2, 0) is 6.54 Å². The second-order valence-electron chi connectivity index (χ2n) is 5.52. The Labute approximate surface area is 111 Å². The van der Waals surface area contributed by atoms with E-state index in [2.05, 4.69) is 48.3 Å². The molecule has 1 aromatic rings. The third-order valence-corrected chi connectivity index (χ3v) is 3.67. The number of benzene rings is 1. The fourth-order valence-corrected chi connectivity index (χ4v) is 2.84. The van der Waals surface area contributed by atoms with E-state index in [1.807, 2.05) is 0 Å². The predicted octanol–water partition coefficient (Wildman–Crippen LogP) is 2.96. The van der Waals surface area contributed by atoms with Gasteiger partial charge < -0.3 is 5.32 Å². The van der Waals surface area contributed by atoms with Gasteiger partial charge in [-0.2, -0.15) is 0 Å². The molecule has 0 aromatic heterocycles. The third kappa shape index (κ3) is 4.11. The average Bonchev–Trinajstić information content (AvgIpc) is 2.82. The van der Waals surface area contributed by atoms with E-state index in [0.29, 0.717) is 6.04 Å². The summed E-state index contributed by atoms with van der Waals surface area (Å²) < 4.78 is 0. The van der Waals surface area contributed by atoms with Crippen LogP contribution >= 0.6 is 0 Å². The summed E-state index contributed by atoms with van der Waals surface area (Å²) in [6.07, 6.45) is 3.92. The predicted molar refractivity (Wildman–Crippen MR) is 77.8 cm³/mol. The summed E-state index contributed by atoms with van der Waals surface area (Å²) in [5.41, 5.74) is 2.81. The summed E-state index contributed by atoms with van der Waals surface area (Å²) in [5.74, 6) is 0. The number of nitrogens with zero attached hydrogens (tertiary/aromatic N) is 1. The number of rotatable bonds is 6. The maximum absolute atomic E-state index is 3.60. The minimum absolute atomic E-state index is 0.710. The van der Waals surface area contributed by atoms with Gasteiger partial charge in [0, 0.05) is 19.1 Å². The lowest BCUT2D eigenvalue weighted by Gasteiger charge is -2.25. The average molecular weight is 246 g/mol. The molecule has 1 aliphatic heterocycles. The van der Waals surface area contributed by atoms with Crippen LogP contribution in [-0.4, -0.2) is 30.6 Å². The zero-order valence-corrected chi connectivity index (χ0v) is 11.8. The lowest BCUT2D eigenvalue weighted by atomic mass is 10.1. The van der Waals surface area contributed by atoms with E-state index in [4.69, 9.17) is 0 Å². The van der Waals surface area contributed by atoms with Crippen molar-refractivity contribution < 1.29 is 0 Å². The van der Waals surface area contributed by atoms with Crippen molar-refractivity contribution in [2.24, 2.45) is 0 Å². The van der Waals surface area contributed by atoms with Crippen LogP contribution in [0.2, 0.25) is 0 Å². The van der Waals surface area contributed by atoms with E-state index < -0.39 is 0 Å². The first kappa shape index (κ1) is 13.6. The molecule has 2 rings (SSSR count). The Morgan fingerprint density at radius 2 is 2.28 bits per heavy atom. The monoisotopic (exact) mass is 246 g/mol. The smallest absolute Gasteiger partial charge is 0.0234 e. The van der Waals surface area contributed by atoms with E-state index in [1.165, 1.54) is 50.0 Å². The minimum Gasteiger partial charge on any atom is -0.313 e. The largest absolute Gasteiger partial charge is 0.313 e. The van der Waals surface area contributed by atoms with Crippen LogP contribution in [0.1, 0.15) is 37.3 Å². The highest BCUT2D eigenvalue weighted by molar-refractivity contribution is 5.22. The second kappa shape index (κ2) is 6.91. The van der Waals surface area contributed by atoms with Crippen LogP contribution in [0.3, 0.4) is 0 Å². The summed E-state index contributed by atoms with van der Waals surface area (Å²) >= 11 is 0. The third-order valence-electron chi connectivity index (χ3n) is 3.67. The molecule has 1 N–H and O–H groups in total. The highest BCUT2D eigenvalue weighted by Crippen LogP contribution is 2.12. The Kier molecular flexibility index (Phi) is 5.21. The molecule has 100 valence electrons. The Morgan fingerprint density at radius 1 is 1.39 bits per heavy atom. The first-order chi connectivity index (χ1) is 8.78. The Bertz CT molecular complexity index is 356. The zero-order valence-electron chi connectivity index (χ0n) is 11.8. The standard InChI is InChI=1S/C16H26N2/c1-3-10-18(13-16-8-5-9-17-16)12-15-7-4-6-14(2)11-15/h4,6-7,11,16-17H,3,5,8-10,12-13H2,1-2H3. The minimum atomic E-state index is 0.710. The van der Waals surface area contributed by atoms with Gasteiger partial charge in [0.1, 0.15) is 0 Å². The van der Waals surface area contributed by atoms with Gasteiger partial charge in [0.2, 0.25) is 0 Å². The molecule has 2 nitrogen and oxygen atoms in total. The first-order valence-corrected chi connectivity index (χ1v) is 7.29. The molecule has 1 aliphatic rings. The molecule has 0 amide bonds. The van der Waals surface area contributed by atoms with Gasteiger partial charge in [0.25, 0.3) is 0 Å². The summed E-state index contributed by atoms with van der Waals surface area (Å²) in [5, 5.41) is 3.60. The van der Waals surface area contributed by atoms with Crippen LogP contribution in [0, 0.1) is 6.92 Å². The van der Waals surface area contributed by atoms with Crippen molar-refractivity contribution in [1.82, 2.24) is 10.2 Å². The molecule has 0 aliphatic carbocycles.